The fraction of sp³-hybridized carbons (Fsp3) is 0.769. The molecule has 0 aliphatic rings. The second-order valence-electron chi connectivity index (χ2n) is 4.87. The van der Waals surface area contributed by atoms with Crippen LogP contribution >= 0.6 is 0 Å². The Hall–Kier alpha value is -0.830. The molecule has 16 heavy (non-hydrogen) atoms. The van der Waals surface area contributed by atoms with Gasteiger partial charge in [-0.2, -0.15) is 5.10 Å². The van der Waals surface area contributed by atoms with Crippen molar-refractivity contribution < 1.29 is 0 Å². The van der Waals surface area contributed by atoms with Crippen LogP contribution in [0.3, 0.4) is 0 Å². The van der Waals surface area contributed by atoms with E-state index < -0.39 is 0 Å². The van der Waals surface area contributed by atoms with E-state index >= 15 is 0 Å². The van der Waals surface area contributed by atoms with Crippen molar-refractivity contribution >= 4 is 0 Å². The summed E-state index contributed by atoms with van der Waals surface area (Å²) in [6.07, 6.45) is 1.11. The highest BCUT2D eigenvalue weighted by atomic mass is 15.3. The summed E-state index contributed by atoms with van der Waals surface area (Å²) in [5.41, 5.74) is 2.46. The minimum Gasteiger partial charge on any atom is -0.317 e. The molecule has 3 heteroatoms. The van der Waals surface area contributed by atoms with Crippen LogP contribution in [0, 0.1) is 18.8 Å². The summed E-state index contributed by atoms with van der Waals surface area (Å²) < 4.78 is 2.01. The highest BCUT2D eigenvalue weighted by Crippen LogP contribution is 2.16. The lowest BCUT2D eigenvalue weighted by Gasteiger charge is -2.20. The fourth-order valence-electron chi connectivity index (χ4n) is 1.96. The van der Waals surface area contributed by atoms with E-state index in [0.29, 0.717) is 11.8 Å². The molecule has 0 aliphatic carbocycles. The van der Waals surface area contributed by atoms with Crippen molar-refractivity contribution in [2.24, 2.45) is 18.9 Å². The Morgan fingerprint density at radius 2 is 2.06 bits per heavy atom. The Balaban J connectivity index is 2.50. The Morgan fingerprint density at radius 1 is 1.38 bits per heavy atom. The molecule has 1 heterocycles. The van der Waals surface area contributed by atoms with Crippen molar-refractivity contribution in [2.45, 2.75) is 34.1 Å². The maximum Gasteiger partial charge on any atom is 0.0596 e. The van der Waals surface area contributed by atoms with Gasteiger partial charge in [-0.25, -0.2) is 0 Å². The number of nitrogens with zero attached hydrogens (tertiary/aromatic N) is 2. The highest BCUT2D eigenvalue weighted by molar-refractivity contribution is 5.09. The van der Waals surface area contributed by atoms with Gasteiger partial charge in [0.25, 0.3) is 0 Å². The van der Waals surface area contributed by atoms with E-state index in [4.69, 9.17) is 0 Å². The minimum atomic E-state index is 0.689. The molecule has 0 radical (unpaired) electrons. The van der Waals surface area contributed by atoms with E-state index in [9.17, 15) is 0 Å². The number of rotatable bonds is 6. The SMILES string of the molecule is CCNCC(C)C(C)Cc1cc(C)nn1C. The van der Waals surface area contributed by atoms with Crippen molar-refractivity contribution in [2.75, 3.05) is 13.1 Å². The monoisotopic (exact) mass is 223 g/mol. The molecule has 1 aromatic rings. The van der Waals surface area contributed by atoms with Crippen LogP contribution in [0.5, 0.6) is 0 Å². The van der Waals surface area contributed by atoms with Crippen LogP contribution in [0.15, 0.2) is 6.07 Å². The zero-order chi connectivity index (χ0) is 12.1. The number of hydrogen-bond acceptors (Lipinski definition) is 2. The number of hydrogen-bond donors (Lipinski definition) is 1. The average Bonchev–Trinajstić information content (AvgIpc) is 2.53. The average molecular weight is 223 g/mol. The van der Waals surface area contributed by atoms with Gasteiger partial charge in [0.2, 0.25) is 0 Å². The van der Waals surface area contributed by atoms with Crippen LogP contribution in [0.2, 0.25) is 0 Å². The van der Waals surface area contributed by atoms with Gasteiger partial charge in [0.1, 0.15) is 0 Å². The zero-order valence-electron chi connectivity index (χ0n) is 11.2. The first-order chi connectivity index (χ1) is 7.54. The van der Waals surface area contributed by atoms with E-state index in [1.54, 1.807) is 0 Å². The van der Waals surface area contributed by atoms with Crippen molar-refractivity contribution in [3.05, 3.63) is 17.5 Å². The van der Waals surface area contributed by atoms with Crippen molar-refractivity contribution in [3.8, 4) is 0 Å². The minimum absolute atomic E-state index is 0.689. The lowest BCUT2D eigenvalue weighted by molar-refractivity contribution is 0.362. The van der Waals surface area contributed by atoms with Gasteiger partial charge < -0.3 is 5.32 Å². The molecule has 2 unspecified atom stereocenters. The molecule has 1 aromatic heterocycles. The normalized spacial score (nSPS) is 15.1. The quantitative estimate of drug-likeness (QED) is 0.801. The number of nitrogens with one attached hydrogen (secondary N) is 1. The van der Waals surface area contributed by atoms with Gasteiger partial charge in [0, 0.05) is 12.7 Å². The smallest absolute Gasteiger partial charge is 0.0596 e. The topological polar surface area (TPSA) is 29.9 Å². The van der Waals surface area contributed by atoms with Gasteiger partial charge in [-0.1, -0.05) is 20.8 Å². The Morgan fingerprint density at radius 3 is 2.56 bits per heavy atom. The summed E-state index contributed by atoms with van der Waals surface area (Å²) in [6, 6.07) is 2.19. The molecule has 0 fully saturated rings. The van der Waals surface area contributed by atoms with Gasteiger partial charge in [-0.3, -0.25) is 4.68 Å². The molecule has 0 amide bonds. The molecule has 1 N–H and O–H groups in total. The van der Waals surface area contributed by atoms with Gasteiger partial charge in [0.05, 0.1) is 5.69 Å². The molecule has 0 aliphatic heterocycles. The van der Waals surface area contributed by atoms with Crippen molar-refractivity contribution in [1.29, 1.82) is 0 Å². The molecular formula is C13H25N3. The van der Waals surface area contributed by atoms with Gasteiger partial charge in [-0.15, -0.1) is 0 Å². The molecule has 1 rings (SSSR count). The van der Waals surface area contributed by atoms with Crippen molar-refractivity contribution in [1.82, 2.24) is 15.1 Å². The molecule has 0 saturated heterocycles. The molecule has 2 atom stereocenters. The van der Waals surface area contributed by atoms with E-state index in [1.165, 1.54) is 5.69 Å². The molecule has 3 nitrogen and oxygen atoms in total. The maximum absolute atomic E-state index is 4.39. The largest absolute Gasteiger partial charge is 0.317 e. The maximum atomic E-state index is 4.39. The summed E-state index contributed by atoms with van der Waals surface area (Å²) >= 11 is 0. The van der Waals surface area contributed by atoms with Crippen LogP contribution in [0.1, 0.15) is 32.2 Å². The first-order valence-corrected chi connectivity index (χ1v) is 6.24. The molecule has 0 bridgehead atoms. The standard InChI is InChI=1S/C13H25N3/c1-6-14-9-11(3)10(2)7-13-8-12(4)15-16(13)5/h8,10-11,14H,6-7,9H2,1-5H3. The zero-order valence-corrected chi connectivity index (χ0v) is 11.2. The second-order valence-corrected chi connectivity index (χ2v) is 4.87. The predicted octanol–water partition coefficient (Wildman–Crippen LogP) is 2.15. The van der Waals surface area contributed by atoms with Crippen LogP contribution in [-0.4, -0.2) is 22.9 Å². The van der Waals surface area contributed by atoms with E-state index in [0.717, 1.165) is 25.2 Å². The molecule has 92 valence electrons. The number of aryl methyl sites for hydroxylation is 2. The highest BCUT2D eigenvalue weighted by Gasteiger charge is 2.14. The molecular weight excluding hydrogens is 198 g/mol. The summed E-state index contributed by atoms with van der Waals surface area (Å²) in [7, 11) is 2.03. The van der Waals surface area contributed by atoms with Crippen LogP contribution in [0.25, 0.3) is 0 Å². The summed E-state index contributed by atoms with van der Waals surface area (Å²) in [4.78, 5) is 0. The van der Waals surface area contributed by atoms with E-state index in [2.05, 4.69) is 44.2 Å². The van der Waals surface area contributed by atoms with E-state index in [1.807, 2.05) is 11.7 Å². The summed E-state index contributed by atoms with van der Waals surface area (Å²) in [5.74, 6) is 1.39. The lowest BCUT2D eigenvalue weighted by Crippen LogP contribution is -2.26. The summed E-state index contributed by atoms with van der Waals surface area (Å²) in [5, 5.41) is 7.80. The first-order valence-electron chi connectivity index (χ1n) is 6.24. The third kappa shape index (κ3) is 3.63. The second kappa shape index (κ2) is 6.04. The van der Waals surface area contributed by atoms with Crippen LogP contribution in [-0.2, 0) is 13.5 Å². The first kappa shape index (κ1) is 13.2. The lowest BCUT2D eigenvalue weighted by atomic mass is 9.91. The fourth-order valence-corrected chi connectivity index (χ4v) is 1.96. The summed E-state index contributed by atoms with van der Waals surface area (Å²) in [6.45, 7) is 11.0. The number of aromatic nitrogens is 2. The Kier molecular flexibility index (Phi) is 5.00. The molecule has 0 aromatic carbocycles. The third-order valence-electron chi connectivity index (χ3n) is 3.32. The molecule has 0 spiro atoms. The Labute approximate surface area is 99.2 Å². The van der Waals surface area contributed by atoms with Crippen LogP contribution in [0.4, 0.5) is 0 Å². The Bertz CT molecular complexity index is 317. The van der Waals surface area contributed by atoms with Crippen LogP contribution < -0.4 is 5.32 Å². The predicted molar refractivity (Wildman–Crippen MR) is 68.5 cm³/mol. The van der Waals surface area contributed by atoms with Gasteiger partial charge in [0.15, 0.2) is 0 Å². The van der Waals surface area contributed by atoms with Gasteiger partial charge in [-0.05, 0) is 44.3 Å². The third-order valence-corrected chi connectivity index (χ3v) is 3.32. The van der Waals surface area contributed by atoms with Crippen molar-refractivity contribution in [3.63, 3.8) is 0 Å². The van der Waals surface area contributed by atoms with E-state index in [-0.39, 0.29) is 0 Å². The van der Waals surface area contributed by atoms with Gasteiger partial charge >= 0.3 is 0 Å². The molecule has 0 saturated carbocycles.